The van der Waals surface area contributed by atoms with Gasteiger partial charge < -0.3 is 19.3 Å². The molecule has 0 aromatic carbocycles. The molecule has 1 unspecified atom stereocenters. The van der Waals surface area contributed by atoms with Crippen LogP contribution in [-0.4, -0.2) is 71.4 Å². The molecule has 3 aliphatic rings. The van der Waals surface area contributed by atoms with Gasteiger partial charge in [0, 0.05) is 25.9 Å². The van der Waals surface area contributed by atoms with Crippen LogP contribution in [0.1, 0.15) is 52.9 Å². The fourth-order valence-electron chi connectivity index (χ4n) is 4.63. The number of methoxy groups -OCH3 is 1. The zero-order chi connectivity index (χ0) is 21.4. The number of ketones is 1. The van der Waals surface area contributed by atoms with Crippen LogP contribution in [0.4, 0.5) is 4.79 Å². The minimum absolute atomic E-state index is 0.0363. The summed E-state index contributed by atoms with van der Waals surface area (Å²) in [4.78, 5) is 54.5. The highest BCUT2D eigenvalue weighted by Crippen LogP contribution is 2.47. The zero-order valence-corrected chi connectivity index (χ0v) is 17.6. The van der Waals surface area contributed by atoms with Crippen LogP contribution < -0.4 is 0 Å². The van der Waals surface area contributed by atoms with Crippen molar-refractivity contribution in [3.8, 4) is 0 Å². The summed E-state index contributed by atoms with van der Waals surface area (Å²) in [5, 5.41) is 0. The van der Waals surface area contributed by atoms with Gasteiger partial charge in [0.25, 0.3) is 0 Å². The van der Waals surface area contributed by atoms with Crippen molar-refractivity contribution in [2.24, 2.45) is 5.41 Å². The number of allylic oxidation sites excluding steroid dienone is 1. The van der Waals surface area contributed by atoms with Gasteiger partial charge in [-0.15, -0.1) is 0 Å². The first kappa shape index (κ1) is 21.3. The zero-order valence-electron chi connectivity index (χ0n) is 17.6. The fourth-order valence-corrected chi connectivity index (χ4v) is 4.63. The van der Waals surface area contributed by atoms with Gasteiger partial charge in [-0.3, -0.25) is 9.59 Å². The SMILES string of the molecule is COC(=O)[C@@H]1N2C(=O)CCC/C=C\[C@H]2CC12CN(C(=O)OC(C)(C)C)CCC2=O. The maximum atomic E-state index is 13.2. The molecule has 3 atom stereocenters. The quantitative estimate of drug-likeness (QED) is 0.489. The molecule has 0 bridgehead atoms. The van der Waals surface area contributed by atoms with Crippen molar-refractivity contribution in [1.29, 1.82) is 0 Å². The molecule has 2 saturated heterocycles. The molecule has 1 spiro atoms. The summed E-state index contributed by atoms with van der Waals surface area (Å²) in [6, 6.07) is -1.40. The third-order valence-corrected chi connectivity index (χ3v) is 5.85. The van der Waals surface area contributed by atoms with Crippen molar-refractivity contribution in [2.45, 2.75) is 70.6 Å². The van der Waals surface area contributed by atoms with Gasteiger partial charge in [-0.2, -0.15) is 0 Å². The van der Waals surface area contributed by atoms with E-state index in [4.69, 9.17) is 9.47 Å². The number of esters is 1. The molecule has 2 fully saturated rings. The van der Waals surface area contributed by atoms with Crippen LogP contribution in [0.25, 0.3) is 0 Å². The maximum absolute atomic E-state index is 13.2. The number of likely N-dealkylation sites (tertiary alicyclic amines) is 1. The predicted molar refractivity (Wildman–Crippen MR) is 104 cm³/mol. The molecule has 29 heavy (non-hydrogen) atoms. The highest BCUT2D eigenvalue weighted by molar-refractivity contribution is 5.97. The van der Waals surface area contributed by atoms with Gasteiger partial charge in [-0.25, -0.2) is 9.59 Å². The van der Waals surface area contributed by atoms with E-state index in [1.807, 2.05) is 12.2 Å². The first-order chi connectivity index (χ1) is 13.6. The number of Topliss-reactive ketones (excluding diaryl/α,β-unsaturated/α-hetero) is 1. The van der Waals surface area contributed by atoms with Crippen molar-refractivity contribution < 1.29 is 28.7 Å². The molecule has 3 heterocycles. The Bertz CT molecular complexity index is 740. The number of carbonyl (C=O) groups is 4. The van der Waals surface area contributed by atoms with Gasteiger partial charge in [0.2, 0.25) is 5.91 Å². The van der Waals surface area contributed by atoms with Crippen molar-refractivity contribution in [1.82, 2.24) is 9.80 Å². The van der Waals surface area contributed by atoms with Gasteiger partial charge in [-0.05, 0) is 40.0 Å². The van der Waals surface area contributed by atoms with Crippen LogP contribution in [0.15, 0.2) is 12.2 Å². The summed E-state index contributed by atoms with van der Waals surface area (Å²) in [6.45, 7) is 5.60. The monoisotopic (exact) mass is 406 g/mol. The van der Waals surface area contributed by atoms with E-state index in [1.165, 1.54) is 16.9 Å². The number of hydrogen-bond acceptors (Lipinski definition) is 6. The van der Waals surface area contributed by atoms with Crippen molar-refractivity contribution in [3.63, 3.8) is 0 Å². The molecule has 0 aromatic rings. The second kappa shape index (κ2) is 7.80. The van der Waals surface area contributed by atoms with Gasteiger partial charge in [0.1, 0.15) is 17.4 Å². The minimum atomic E-state index is -1.18. The number of rotatable bonds is 1. The van der Waals surface area contributed by atoms with Gasteiger partial charge in [0.05, 0.1) is 18.6 Å². The van der Waals surface area contributed by atoms with Crippen molar-refractivity contribution in [2.75, 3.05) is 20.2 Å². The van der Waals surface area contributed by atoms with E-state index in [1.54, 1.807) is 20.8 Å². The molecule has 0 N–H and O–H groups in total. The van der Waals surface area contributed by atoms with Crippen molar-refractivity contribution >= 4 is 23.8 Å². The van der Waals surface area contributed by atoms with E-state index in [0.29, 0.717) is 19.3 Å². The number of fused-ring (bicyclic) bond motifs is 1. The largest absolute Gasteiger partial charge is 0.467 e. The Morgan fingerprint density at radius 3 is 2.59 bits per heavy atom. The summed E-state index contributed by atoms with van der Waals surface area (Å²) >= 11 is 0. The van der Waals surface area contributed by atoms with E-state index in [-0.39, 0.29) is 37.2 Å². The summed E-state index contributed by atoms with van der Waals surface area (Å²) in [5.41, 5.74) is -1.85. The average molecular weight is 406 g/mol. The van der Waals surface area contributed by atoms with Crippen LogP contribution in [-0.2, 0) is 23.9 Å². The molecule has 160 valence electrons. The number of piperidine rings is 1. The Labute approximate surface area is 171 Å². The fraction of sp³-hybridized carbons (Fsp3) is 0.714. The van der Waals surface area contributed by atoms with E-state index in [2.05, 4.69) is 0 Å². The topological polar surface area (TPSA) is 93.2 Å². The number of nitrogens with zero attached hydrogens (tertiary/aromatic N) is 2. The van der Waals surface area contributed by atoms with E-state index >= 15 is 0 Å². The third-order valence-electron chi connectivity index (χ3n) is 5.85. The van der Waals surface area contributed by atoms with Crippen LogP contribution in [0.2, 0.25) is 0 Å². The first-order valence-electron chi connectivity index (χ1n) is 10.2. The molecule has 8 nitrogen and oxygen atoms in total. The number of carbonyl (C=O) groups excluding carboxylic acids is 4. The molecule has 0 saturated carbocycles. The summed E-state index contributed by atoms with van der Waals surface area (Å²) < 4.78 is 10.5. The van der Waals surface area contributed by atoms with Crippen LogP contribution in [0.5, 0.6) is 0 Å². The molecule has 2 amide bonds. The Hall–Kier alpha value is -2.38. The molecular weight excluding hydrogens is 376 g/mol. The van der Waals surface area contributed by atoms with E-state index in [0.717, 1.165) is 6.42 Å². The number of hydrogen-bond donors (Lipinski definition) is 0. The lowest BCUT2D eigenvalue weighted by Gasteiger charge is -2.42. The van der Waals surface area contributed by atoms with Crippen LogP contribution >= 0.6 is 0 Å². The van der Waals surface area contributed by atoms with Crippen LogP contribution in [0, 0.1) is 5.41 Å². The molecule has 0 radical (unpaired) electrons. The Morgan fingerprint density at radius 2 is 1.93 bits per heavy atom. The van der Waals surface area contributed by atoms with Gasteiger partial charge in [-0.1, -0.05) is 12.2 Å². The van der Waals surface area contributed by atoms with Crippen LogP contribution in [0.3, 0.4) is 0 Å². The minimum Gasteiger partial charge on any atom is -0.467 e. The summed E-state index contributed by atoms with van der Waals surface area (Å²) in [7, 11) is 1.26. The van der Waals surface area contributed by atoms with Gasteiger partial charge in [0.15, 0.2) is 0 Å². The van der Waals surface area contributed by atoms with Gasteiger partial charge >= 0.3 is 12.1 Å². The maximum Gasteiger partial charge on any atom is 0.410 e. The third kappa shape index (κ3) is 4.02. The second-order valence-corrected chi connectivity index (χ2v) is 9.05. The molecular formula is C21H30N2O6. The smallest absolute Gasteiger partial charge is 0.410 e. The molecule has 3 rings (SSSR count). The number of amides is 2. The Balaban J connectivity index is 1.99. The highest BCUT2D eigenvalue weighted by atomic mass is 16.6. The molecule has 3 aliphatic heterocycles. The first-order valence-corrected chi connectivity index (χ1v) is 10.2. The summed E-state index contributed by atoms with van der Waals surface area (Å²) in [6.07, 6.45) is 5.58. The average Bonchev–Trinajstić information content (AvgIpc) is 2.94. The van der Waals surface area contributed by atoms with E-state index < -0.39 is 29.1 Å². The molecule has 0 aromatic heterocycles. The normalized spacial score (nSPS) is 31.2. The lowest BCUT2D eigenvalue weighted by Crippen LogP contribution is -2.60. The summed E-state index contributed by atoms with van der Waals surface area (Å²) in [5.74, 6) is -0.885. The number of ether oxygens (including phenoxy) is 2. The Kier molecular flexibility index (Phi) is 5.74. The highest BCUT2D eigenvalue weighted by Gasteiger charge is 2.62. The van der Waals surface area contributed by atoms with Crippen molar-refractivity contribution in [3.05, 3.63) is 12.2 Å². The lowest BCUT2D eigenvalue weighted by atomic mass is 9.72. The standard InChI is InChI=1S/C21H30N2O6/c1-20(2,3)29-19(27)22-11-10-15(24)21(13-22)12-14-8-6-5-7-9-16(25)23(14)17(21)18(26)28-4/h6,8,14,17H,5,7,9-13H2,1-4H3/b8-6-/t14-,17-,21?/m0/s1. The Morgan fingerprint density at radius 1 is 1.21 bits per heavy atom. The van der Waals surface area contributed by atoms with E-state index in [9.17, 15) is 19.2 Å². The molecule has 8 heteroatoms. The predicted octanol–water partition coefficient (Wildman–Crippen LogP) is 2.07. The molecule has 0 aliphatic carbocycles. The lowest BCUT2D eigenvalue weighted by molar-refractivity contribution is -0.160. The second-order valence-electron chi connectivity index (χ2n) is 9.05.